The lowest BCUT2D eigenvalue weighted by Crippen LogP contribution is -2.63. The number of aliphatic imine (C=N–C) groups is 1. The van der Waals surface area contributed by atoms with Crippen LogP contribution in [0.25, 0.3) is 0 Å². The van der Waals surface area contributed by atoms with E-state index in [4.69, 9.17) is 4.99 Å². The number of fused-ring (bicyclic) bond motifs is 1. The Labute approximate surface area is 183 Å². The number of rotatable bonds is 5. The number of hydrogen-bond donors (Lipinski definition) is 3. The summed E-state index contributed by atoms with van der Waals surface area (Å²) in [7, 11) is -3.78. The van der Waals surface area contributed by atoms with Crippen molar-refractivity contribution in [3.05, 3.63) is 65.0 Å². The Kier molecular flexibility index (Phi) is 6.41. The summed E-state index contributed by atoms with van der Waals surface area (Å²) >= 11 is 0. The van der Waals surface area contributed by atoms with Crippen molar-refractivity contribution in [1.82, 2.24) is 15.4 Å². The van der Waals surface area contributed by atoms with Crippen LogP contribution < -0.4 is 15.4 Å². The van der Waals surface area contributed by atoms with Gasteiger partial charge in [0.1, 0.15) is 17.8 Å². The molecule has 1 aliphatic heterocycles. The van der Waals surface area contributed by atoms with Gasteiger partial charge in [0, 0.05) is 12.6 Å². The van der Waals surface area contributed by atoms with Gasteiger partial charge in [0.25, 0.3) is 10.0 Å². The summed E-state index contributed by atoms with van der Waals surface area (Å²) in [6.45, 7) is 4.12. The molecular formula is C23H29FN4O2S. The maximum absolute atomic E-state index is 13.2. The molecule has 0 radical (unpaired) electrons. The zero-order valence-corrected chi connectivity index (χ0v) is 18.7. The third-order valence-corrected chi connectivity index (χ3v) is 7.48. The van der Waals surface area contributed by atoms with Gasteiger partial charge in [-0.3, -0.25) is 20.3 Å². The number of aryl methyl sites for hydroxylation is 2. The van der Waals surface area contributed by atoms with E-state index in [9.17, 15) is 12.8 Å². The first-order valence-corrected chi connectivity index (χ1v) is 12.2. The molecule has 1 saturated carbocycles. The number of benzene rings is 2. The fourth-order valence-corrected chi connectivity index (χ4v) is 5.65. The topological polar surface area (TPSA) is 82.6 Å². The van der Waals surface area contributed by atoms with Crippen LogP contribution in [0.15, 0.2) is 52.4 Å². The normalized spacial score (nSPS) is 23.7. The molecule has 2 aromatic carbocycles. The lowest BCUT2D eigenvalue weighted by molar-refractivity contribution is 0.286. The van der Waals surface area contributed by atoms with Gasteiger partial charge in [-0.2, -0.15) is 0 Å². The first-order chi connectivity index (χ1) is 14.8. The minimum atomic E-state index is -3.78. The maximum Gasteiger partial charge on any atom is 0.263 e. The number of halogens is 1. The lowest BCUT2D eigenvalue weighted by atomic mass is 9.89. The van der Waals surface area contributed by atoms with Crippen LogP contribution in [0, 0.1) is 19.7 Å². The smallest absolute Gasteiger partial charge is 0.263 e. The SMILES string of the molecule is Cc1ccc(C)c(S(=O)(=O)NC2=NC3CCCCC3NC2NCc2ccc(F)cc2)c1. The van der Waals surface area contributed by atoms with Crippen LogP contribution in [0.3, 0.4) is 0 Å². The van der Waals surface area contributed by atoms with Crippen LogP contribution in [0.5, 0.6) is 0 Å². The standard InChI is InChI=1S/C23H29FN4O2S/c1-15-7-8-16(2)21(13-15)31(29,30)28-23-22(25-14-17-9-11-18(24)12-10-17)26-19-5-3-4-6-20(19)27-23/h7-13,19-20,22,25-26H,3-6,14H2,1-2H3,(H,27,28). The van der Waals surface area contributed by atoms with Crippen LogP contribution in [0.4, 0.5) is 4.39 Å². The zero-order chi connectivity index (χ0) is 22.0. The molecule has 0 saturated heterocycles. The van der Waals surface area contributed by atoms with E-state index in [1.54, 1.807) is 25.1 Å². The molecule has 0 amide bonds. The van der Waals surface area contributed by atoms with Crippen LogP contribution in [0.1, 0.15) is 42.4 Å². The van der Waals surface area contributed by atoms with Gasteiger partial charge >= 0.3 is 0 Å². The molecule has 166 valence electrons. The molecule has 8 heteroatoms. The van der Waals surface area contributed by atoms with Gasteiger partial charge in [-0.05, 0) is 61.6 Å². The molecule has 1 aliphatic carbocycles. The van der Waals surface area contributed by atoms with E-state index in [1.807, 2.05) is 19.1 Å². The summed E-state index contributed by atoms with van der Waals surface area (Å²) < 4.78 is 42.4. The Morgan fingerprint density at radius 1 is 1.10 bits per heavy atom. The number of amidine groups is 1. The molecule has 31 heavy (non-hydrogen) atoms. The van der Waals surface area contributed by atoms with Crippen molar-refractivity contribution in [1.29, 1.82) is 0 Å². The molecule has 1 fully saturated rings. The van der Waals surface area contributed by atoms with E-state index in [0.717, 1.165) is 36.8 Å². The summed E-state index contributed by atoms with van der Waals surface area (Å²) in [6, 6.07) is 11.9. The Morgan fingerprint density at radius 3 is 2.61 bits per heavy atom. The second kappa shape index (κ2) is 9.06. The van der Waals surface area contributed by atoms with Crippen LogP contribution in [-0.4, -0.2) is 32.5 Å². The first-order valence-electron chi connectivity index (χ1n) is 10.7. The van der Waals surface area contributed by atoms with Gasteiger partial charge in [-0.1, -0.05) is 37.1 Å². The van der Waals surface area contributed by atoms with Crippen molar-refractivity contribution in [3.8, 4) is 0 Å². The highest BCUT2D eigenvalue weighted by Crippen LogP contribution is 2.25. The highest BCUT2D eigenvalue weighted by molar-refractivity contribution is 7.90. The Hall–Kier alpha value is -2.29. The van der Waals surface area contributed by atoms with Crippen molar-refractivity contribution in [2.45, 2.75) is 69.2 Å². The fourth-order valence-electron chi connectivity index (χ4n) is 4.26. The molecule has 6 nitrogen and oxygen atoms in total. The average molecular weight is 445 g/mol. The van der Waals surface area contributed by atoms with Gasteiger partial charge < -0.3 is 0 Å². The molecule has 0 spiro atoms. The summed E-state index contributed by atoms with van der Waals surface area (Å²) in [6.07, 6.45) is 3.75. The van der Waals surface area contributed by atoms with Crippen molar-refractivity contribution in [2.24, 2.45) is 4.99 Å². The van der Waals surface area contributed by atoms with E-state index in [0.29, 0.717) is 17.9 Å². The monoisotopic (exact) mass is 444 g/mol. The molecule has 0 aromatic heterocycles. The van der Waals surface area contributed by atoms with Gasteiger partial charge in [0.05, 0.1) is 10.9 Å². The Morgan fingerprint density at radius 2 is 1.84 bits per heavy atom. The summed E-state index contributed by atoms with van der Waals surface area (Å²) in [5.41, 5.74) is 2.48. The van der Waals surface area contributed by atoms with E-state index in [2.05, 4.69) is 15.4 Å². The molecule has 2 aliphatic rings. The molecule has 4 rings (SSSR count). The minimum Gasteiger partial charge on any atom is -0.291 e. The number of hydrogen-bond acceptors (Lipinski definition) is 5. The molecule has 3 atom stereocenters. The Bertz CT molecular complexity index is 1070. The third-order valence-electron chi connectivity index (χ3n) is 5.98. The van der Waals surface area contributed by atoms with Crippen molar-refractivity contribution >= 4 is 15.9 Å². The largest absolute Gasteiger partial charge is 0.291 e. The molecule has 1 heterocycles. The number of nitrogens with one attached hydrogen (secondary N) is 3. The first kappa shape index (κ1) is 21.9. The van der Waals surface area contributed by atoms with E-state index in [1.165, 1.54) is 12.1 Å². The van der Waals surface area contributed by atoms with Crippen molar-refractivity contribution in [2.75, 3.05) is 0 Å². The predicted molar refractivity (Wildman–Crippen MR) is 120 cm³/mol. The number of nitrogens with zero attached hydrogens (tertiary/aromatic N) is 1. The molecule has 3 N–H and O–H groups in total. The van der Waals surface area contributed by atoms with Gasteiger partial charge in [0.15, 0.2) is 0 Å². The highest BCUT2D eigenvalue weighted by Gasteiger charge is 2.35. The van der Waals surface area contributed by atoms with E-state index in [-0.39, 0.29) is 22.8 Å². The maximum atomic E-state index is 13.2. The van der Waals surface area contributed by atoms with Crippen LogP contribution >= 0.6 is 0 Å². The highest BCUT2D eigenvalue weighted by atomic mass is 32.2. The molecule has 2 aromatic rings. The third kappa shape index (κ3) is 5.14. The molecule has 0 bridgehead atoms. The second-order valence-electron chi connectivity index (χ2n) is 8.45. The number of sulfonamides is 1. The fraction of sp³-hybridized carbons (Fsp3) is 0.435. The van der Waals surface area contributed by atoms with Gasteiger partial charge in [-0.15, -0.1) is 0 Å². The lowest BCUT2D eigenvalue weighted by Gasteiger charge is -2.39. The average Bonchev–Trinajstić information content (AvgIpc) is 2.74. The predicted octanol–water partition coefficient (Wildman–Crippen LogP) is 3.15. The minimum absolute atomic E-state index is 0.0638. The van der Waals surface area contributed by atoms with Gasteiger partial charge in [0.2, 0.25) is 0 Å². The van der Waals surface area contributed by atoms with Crippen LogP contribution in [-0.2, 0) is 16.6 Å². The summed E-state index contributed by atoms with van der Waals surface area (Å²) in [5.74, 6) is 0.0966. The van der Waals surface area contributed by atoms with Crippen molar-refractivity contribution < 1.29 is 12.8 Å². The zero-order valence-electron chi connectivity index (χ0n) is 17.9. The van der Waals surface area contributed by atoms with Crippen molar-refractivity contribution in [3.63, 3.8) is 0 Å². The van der Waals surface area contributed by atoms with E-state index >= 15 is 0 Å². The quantitative estimate of drug-likeness (QED) is 0.662. The van der Waals surface area contributed by atoms with Gasteiger partial charge in [-0.25, -0.2) is 12.8 Å². The Balaban J connectivity index is 1.58. The van der Waals surface area contributed by atoms with Crippen LogP contribution in [0.2, 0.25) is 0 Å². The summed E-state index contributed by atoms with van der Waals surface area (Å²) in [5, 5.41) is 6.89. The molecular weight excluding hydrogens is 415 g/mol. The second-order valence-corrected chi connectivity index (χ2v) is 10.1. The van der Waals surface area contributed by atoms with E-state index < -0.39 is 16.2 Å². The molecule has 3 unspecified atom stereocenters. The summed E-state index contributed by atoms with van der Waals surface area (Å²) in [4.78, 5) is 5.08.